The van der Waals surface area contributed by atoms with Crippen molar-refractivity contribution in [3.8, 4) is 16.3 Å². The van der Waals surface area contributed by atoms with Crippen LogP contribution in [-0.2, 0) is 0 Å². The quantitative estimate of drug-likeness (QED) is 0.829. The summed E-state index contributed by atoms with van der Waals surface area (Å²) in [6, 6.07) is 8.01. The van der Waals surface area contributed by atoms with Crippen LogP contribution in [0.4, 0.5) is 0 Å². The highest BCUT2D eigenvalue weighted by molar-refractivity contribution is 7.17. The highest BCUT2D eigenvalue weighted by Crippen LogP contribution is 2.30. The molecule has 1 aliphatic carbocycles. The van der Waals surface area contributed by atoms with Crippen molar-refractivity contribution < 1.29 is 9.53 Å². The van der Waals surface area contributed by atoms with Crippen LogP contribution in [0.2, 0.25) is 0 Å². The van der Waals surface area contributed by atoms with Gasteiger partial charge >= 0.3 is 0 Å². The Morgan fingerprint density at radius 2 is 2.12 bits per heavy atom. The van der Waals surface area contributed by atoms with Gasteiger partial charge in [-0.15, -0.1) is 11.3 Å². The fourth-order valence-electron chi connectivity index (χ4n) is 3.33. The van der Waals surface area contributed by atoms with Crippen LogP contribution in [-0.4, -0.2) is 30.1 Å². The van der Waals surface area contributed by atoms with E-state index in [1.165, 1.54) is 11.3 Å². The standard InChI is InChI=1S/C19H25N3O2S/c1-3-24-15-9-7-13(8-10-15)19-21-12(2)17(25-19)18(23)22-16-6-4-5-14(16)11-20/h7-10,14,16H,3-6,11,20H2,1-2H3,(H,22,23). The summed E-state index contributed by atoms with van der Waals surface area (Å²) in [5.74, 6) is 1.20. The number of nitrogens with one attached hydrogen (secondary N) is 1. The summed E-state index contributed by atoms with van der Waals surface area (Å²) in [6.07, 6.45) is 3.24. The Balaban J connectivity index is 1.74. The molecule has 2 atom stereocenters. The van der Waals surface area contributed by atoms with E-state index in [4.69, 9.17) is 10.5 Å². The number of carbonyl (C=O) groups is 1. The Morgan fingerprint density at radius 1 is 1.36 bits per heavy atom. The second kappa shape index (κ2) is 7.97. The molecule has 1 saturated carbocycles. The molecule has 134 valence electrons. The van der Waals surface area contributed by atoms with Crippen molar-refractivity contribution >= 4 is 17.2 Å². The molecule has 1 aromatic heterocycles. The van der Waals surface area contributed by atoms with Crippen LogP contribution in [0.1, 0.15) is 41.6 Å². The van der Waals surface area contributed by atoms with Crippen LogP contribution in [0.3, 0.4) is 0 Å². The predicted molar refractivity (Wildman–Crippen MR) is 101 cm³/mol. The Morgan fingerprint density at radius 3 is 2.80 bits per heavy atom. The second-order valence-electron chi connectivity index (χ2n) is 6.40. The summed E-state index contributed by atoms with van der Waals surface area (Å²) in [5.41, 5.74) is 7.58. The maximum atomic E-state index is 12.7. The number of aromatic nitrogens is 1. The van der Waals surface area contributed by atoms with E-state index in [-0.39, 0.29) is 11.9 Å². The summed E-state index contributed by atoms with van der Waals surface area (Å²) >= 11 is 1.44. The molecule has 25 heavy (non-hydrogen) atoms. The molecule has 2 aromatic rings. The SMILES string of the molecule is CCOc1ccc(-c2nc(C)c(C(=O)NC3CCCC3CN)s2)cc1. The first-order chi connectivity index (χ1) is 12.1. The van der Waals surface area contributed by atoms with Gasteiger partial charge in [-0.1, -0.05) is 6.42 Å². The van der Waals surface area contributed by atoms with E-state index in [1.54, 1.807) is 0 Å². The molecular formula is C19H25N3O2S. The van der Waals surface area contributed by atoms with Crippen LogP contribution < -0.4 is 15.8 Å². The maximum Gasteiger partial charge on any atom is 0.263 e. The van der Waals surface area contributed by atoms with Gasteiger partial charge in [0.15, 0.2) is 0 Å². The molecule has 3 rings (SSSR count). The highest BCUT2D eigenvalue weighted by atomic mass is 32.1. The van der Waals surface area contributed by atoms with Crippen molar-refractivity contribution in [1.29, 1.82) is 0 Å². The fraction of sp³-hybridized carbons (Fsp3) is 0.474. The molecule has 0 aliphatic heterocycles. The van der Waals surface area contributed by atoms with E-state index >= 15 is 0 Å². The molecule has 0 bridgehead atoms. The van der Waals surface area contributed by atoms with Gasteiger partial charge in [-0.3, -0.25) is 4.79 Å². The lowest BCUT2D eigenvalue weighted by Crippen LogP contribution is -2.39. The van der Waals surface area contributed by atoms with Gasteiger partial charge in [-0.05, 0) is 63.4 Å². The first-order valence-electron chi connectivity index (χ1n) is 8.84. The summed E-state index contributed by atoms with van der Waals surface area (Å²) in [4.78, 5) is 17.9. The summed E-state index contributed by atoms with van der Waals surface area (Å²) in [7, 11) is 0. The first kappa shape index (κ1) is 17.9. The molecule has 0 saturated heterocycles. The Bertz CT molecular complexity index is 727. The van der Waals surface area contributed by atoms with Gasteiger partial charge in [0, 0.05) is 11.6 Å². The van der Waals surface area contributed by atoms with E-state index in [2.05, 4.69) is 10.3 Å². The summed E-state index contributed by atoms with van der Waals surface area (Å²) in [5, 5.41) is 4.01. The number of amides is 1. The number of carbonyl (C=O) groups excluding carboxylic acids is 1. The molecule has 6 heteroatoms. The molecule has 1 fully saturated rings. The lowest BCUT2D eigenvalue weighted by Gasteiger charge is -2.19. The van der Waals surface area contributed by atoms with E-state index < -0.39 is 0 Å². The van der Waals surface area contributed by atoms with Crippen molar-refractivity contribution in [3.63, 3.8) is 0 Å². The van der Waals surface area contributed by atoms with Crippen molar-refractivity contribution in [2.75, 3.05) is 13.2 Å². The Labute approximate surface area is 152 Å². The van der Waals surface area contributed by atoms with Gasteiger partial charge in [-0.2, -0.15) is 0 Å². The van der Waals surface area contributed by atoms with E-state index in [0.29, 0.717) is 23.9 Å². The lowest BCUT2D eigenvalue weighted by atomic mass is 10.0. The molecule has 1 amide bonds. The Hall–Kier alpha value is -1.92. The highest BCUT2D eigenvalue weighted by Gasteiger charge is 2.28. The van der Waals surface area contributed by atoms with Crippen LogP contribution in [0.25, 0.3) is 10.6 Å². The van der Waals surface area contributed by atoms with E-state index in [1.807, 2.05) is 38.1 Å². The second-order valence-corrected chi connectivity index (χ2v) is 7.40. The van der Waals surface area contributed by atoms with E-state index in [0.717, 1.165) is 41.3 Å². The van der Waals surface area contributed by atoms with Gasteiger partial charge in [-0.25, -0.2) is 4.98 Å². The minimum Gasteiger partial charge on any atom is -0.494 e. The molecule has 1 aliphatic rings. The van der Waals surface area contributed by atoms with Crippen LogP contribution in [0.15, 0.2) is 24.3 Å². The van der Waals surface area contributed by atoms with Crippen LogP contribution in [0, 0.1) is 12.8 Å². The molecular weight excluding hydrogens is 334 g/mol. The van der Waals surface area contributed by atoms with Crippen LogP contribution in [0.5, 0.6) is 5.75 Å². The zero-order chi connectivity index (χ0) is 17.8. The average molecular weight is 359 g/mol. The van der Waals surface area contributed by atoms with E-state index in [9.17, 15) is 4.79 Å². The van der Waals surface area contributed by atoms with Gasteiger partial charge in [0.2, 0.25) is 0 Å². The zero-order valence-electron chi connectivity index (χ0n) is 14.7. The average Bonchev–Trinajstić information content (AvgIpc) is 3.22. The maximum absolute atomic E-state index is 12.7. The summed E-state index contributed by atoms with van der Waals surface area (Å²) < 4.78 is 5.47. The minimum absolute atomic E-state index is 0.0301. The van der Waals surface area contributed by atoms with Gasteiger partial charge in [0.05, 0.1) is 12.3 Å². The number of nitrogens with zero attached hydrogens (tertiary/aromatic N) is 1. The number of nitrogens with two attached hydrogens (primary N) is 1. The van der Waals surface area contributed by atoms with Crippen LogP contribution >= 0.6 is 11.3 Å². The third kappa shape index (κ3) is 4.02. The summed E-state index contributed by atoms with van der Waals surface area (Å²) in [6.45, 7) is 5.12. The third-order valence-corrected chi connectivity index (χ3v) is 5.90. The normalized spacial score (nSPS) is 19.8. The van der Waals surface area contributed by atoms with Crippen molar-refractivity contribution in [3.05, 3.63) is 34.8 Å². The van der Waals surface area contributed by atoms with Gasteiger partial charge < -0.3 is 15.8 Å². The zero-order valence-corrected chi connectivity index (χ0v) is 15.6. The fourth-order valence-corrected chi connectivity index (χ4v) is 4.31. The molecule has 3 N–H and O–H groups in total. The number of hydrogen-bond acceptors (Lipinski definition) is 5. The molecule has 0 spiro atoms. The molecule has 2 unspecified atom stereocenters. The number of rotatable bonds is 6. The molecule has 1 heterocycles. The predicted octanol–water partition coefficient (Wildman–Crippen LogP) is 3.37. The minimum atomic E-state index is -0.0301. The molecule has 0 radical (unpaired) electrons. The smallest absolute Gasteiger partial charge is 0.263 e. The van der Waals surface area contributed by atoms with Crippen molar-refractivity contribution in [2.45, 2.75) is 39.2 Å². The number of hydrogen-bond donors (Lipinski definition) is 2. The molecule has 1 aromatic carbocycles. The van der Waals surface area contributed by atoms with Gasteiger partial charge in [0.25, 0.3) is 5.91 Å². The third-order valence-electron chi connectivity index (χ3n) is 4.69. The number of benzene rings is 1. The first-order valence-corrected chi connectivity index (χ1v) is 9.65. The largest absolute Gasteiger partial charge is 0.494 e. The van der Waals surface area contributed by atoms with Crippen molar-refractivity contribution in [1.82, 2.24) is 10.3 Å². The molecule has 5 nitrogen and oxygen atoms in total. The topological polar surface area (TPSA) is 77.2 Å². The number of ether oxygens (including phenoxy) is 1. The lowest BCUT2D eigenvalue weighted by molar-refractivity contribution is 0.0932. The number of aryl methyl sites for hydroxylation is 1. The monoisotopic (exact) mass is 359 g/mol. The Kier molecular flexibility index (Phi) is 5.71. The van der Waals surface area contributed by atoms with Gasteiger partial charge in [0.1, 0.15) is 15.6 Å². The number of thiazole rings is 1. The van der Waals surface area contributed by atoms with Crippen molar-refractivity contribution in [2.24, 2.45) is 11.7 Å².